The number of hydrogen-bond acceptors (Lipinski definition) is 2. The van der Waals surface area contributed by atoms with Crippen LogP contribution >= 0.6 is 0 Å². The van der Waals surface area contributed by atoms with Crippen LogP contribution in [0, 0.1) is 12.3 Å². The van der Waals surface area contributed by atoms with Crippen molar-refractivity contribution in [1.29, 1.82) is 0 Å². The molecule has 0 unspecified atom stereocenters. The Bertz CT molecular complexity index is 499. The van der Waals surface area contributed by atoms with Gasteiger partial charge >= 0.3 is 5.97 Å². The molecular formula is C16H20O2. The molecular weight excluding hydrogens is 224 g/mol. The number of hydrogen-bond donors (Lipinski definition) is 0. The molecule has 0 aliphatic heterocycles. The standard InChI is InChI=1S/C16H20O2/c1-11-5-7-12(8-6-11)15-9-16(15,10-15)13(17)18-14(2,3)4/h5-8H,9-10H2,1-4H3. The Morgan fingerprint density at radius 1 is 1.17 bits per heavy atom. The molecule has 2 fully saturated rings. The van der Waals surface area contributed by atoms with Crippen molar-refractivity contribution in [2.45, 2.75) is 51.6 Å². The monoisotopic (exact) mass is 244 g/mol. The Labute approximate surface area is 108 Å². The van der Waals surface area contributed by atoms with Gasteiger partial charge in [-0.05, 0) is 46.1 Å². The summed E-state index contributed by atoms with van der Waals surface area (Å²) < 4.78 is 5.54. The van der Waals surface area contributed by atoms with Crippen molar-refractivity contribution >= 4 is 5.97 Å². The molecule has 96 valence electrons. The number of fused-ring (bicyclic) bond motifs is 1. The van der Waals surface area contributed by atoms with Crippen molar-refractivity contribution < 1.29 is 9.53 Å². The smallest absolute Gasteiger partial charge is 0.313 e. The van der Waals surface area contributed by atoms with Crippen LogP contribution in [0.4, 0.5) is 0 Å². The third kappa shape index (κ3) is 1.51. The highest BCUT2D eigenvalue weighted by atomic mass is 16.6. The molecule has 1 aromatic rings. The van der Waals surface area contributed by atoms with E-state index in [0.717, 1.165) is 12.8 Å². The van der Waals surface area contributed by atoms with Crippen molar-refractivity contribution in [3.63, 3.8) is 0 Å². The zero-order valence-electron chi connectivity index (χ0n) is 11.5. The number of carbonyl (C=O) groups is 1. The lowest BCUT2D eigenvalue weighted by molar-refractivity contribution is -0.159. The van der Waals surface area contributed by atoms with Gasteiger partial charge in [-0.1, -0.05) is 29.8 Å². The third-order valence-corrected chi connectivity index (χ3v) is 4.27. The molecule has 0 heterocycles. The highest BCUT2D eigenvalue weighted by Gasteiger charge is 2.88. The molecule has 2 aliphatic carbocycles. The molecule has 18 heavy (non-hydrogen) atoms. The molecule has 0 atom stereocenters. The van der Waals surface area contributed by atoms with Crippen LogP contribution in [-0.2, 0) is 14.9 Å². The lowest BCUT2D eigenvalue weighted by atomic mass is 10.0. The molecule has 0 aromatic heterocycles. The summed E-state index contributed by atoms with van der Waals surface area (Å²) >= 11 is 0. The van der Waals surface area contributed by atoms with Gasteiger partial charge in [0.1, 0.15) is 5.60 Å². The van der Waals surface area contributed by atoms with Gasteiger partial charge in [0.2, 0.25) is 0 Å². The normalized spacial score (nSPS) is 32.7. The molecule has 3 rings (SSSR count). The van der Waals surface area contributed by atoms with Crippen LogP contribution in [0.5, 0.6) is 0 Å². The molecule has 0 amide bonds. The van der Waals surface area contributed by atoms with E-state index in [0.29, 0.717) is 0 Å². The molecule has 2 nitrogen and oxygen atoms in total. The van der Waals surface area contributed by atoms with Gasteiger partial charge in [-0.15, -0.1) is 0 Å². The molecule has 0 saturated heterocycles. The maximum atomic E-state index is 12.2. The van der Waals surface area contributed by atoms with Gasteiger partial charge < -0.3 is 4.74 Å². The number of rotatable bonds is 2. The number of benzene rings is 1. The van der Waals surface area contributed by atoms with Crippen molar-refractivity contribution in [3.8, 4) is 0 Å². The van der Waals surface area contributed by atoms with Gasteiger partial charge in [-0.2, -0.15) is 0 Å². The van der Waals surface area contributed by atoms with Gasteiger partial charge in [0.05, 0.1) is 5.41 Å². The van der Waals surface area contributed by atoms with Crippen molar-refractivity contribution in [2.75, 3.05) is 0 Å². The highest BCUT2D eigenvalue weighted by Crippen LogP contribution is 2.86. The number of carbonyl (C=O) groups excluding carboxylic acids is 1. The van der Waals surface area contributed by atoms with E-state index in [1.165, 1.54) is 11.1 Å². The van der Waals surface area contributed by atoms with E-state index in [-0.39, 0.29) is 22.4 Å². The minimum absolute atomic E-state index is 0.00410. The summed E-state index contributed by atoms with van der Waals surface area (Å²) in [5.74, 6) is -0.00410. The summed E-state index contributed by atoms with van der Waals surface area (Å²) in [6.45, 7) is 7.88. The maximum Gasteiger partial charge on any atom is 0.313 e. The summed E-state index contributed by atoms with van der Waals surface area (Å²) in [4.78, 5) is 12.2. The van der Waals surface area contributed by atoms with Crippen LogP contribution < -0.4 is 0 Å². The highest BCUT2D eigenvalue weighted by molar-refractivity contribution is 5.91. The fraction of sp³-hybridized carbons (Fsp3) is 0.562. The minimum atomic E-state index is -0.379. The van der Waals surface area contributed by atoms with Crippen molar-refractivity contribution in [1.82, 2.24) is 0 Å². The van der Waals surface area contributed by atoms with Crippen LogP contribution in [0.2, 0.25) is 0 Å². The molecule has 2 saturated carbocycles. The first-order valence-corrected chi connectivity index (χ1v) is 6.60. The van der Waals surface area contributed by atoms with E-state index >= 15 is 0 Å². The van der Waals surface area contributed by atoms with Crippen molar-refractivity contribution in [3.05, 3.63) is 35.4 Å². The van der Waals surface area contributed by atoms with Crippen LogP contribution in [0.25, 0.3) is 0 Å². The van der Waals surface area contributed by atoms with Crippen molar-refractivity contribution in [2.24, 2.45) is 5.41 Å². The SMILES string of the molecule is Cc1ccc(C23CC2(C(=O)OC(C)(C)C)C3)cc1. The van der Waals surface area contributed by atoms with Gasteiger partial charge in [-0.3, -0.25) is 4.79 Å². The van der Waals surface area contributed by atoms with E-state index in [9.17, 15) is 4.79 Å². The topological polar surface area (TPSA) is 26.3 Å². The van der Waals surface area contributed by atoms with Crippen LogP contribution in [0.3, 0.4) is 0 Å². The lowest BCUT2D eigenvalue weighted by Crippen LogP contribution is -2.26. The Balaban J connectivity index is 1.77. The third-order valence-electron chi connectivity index (χ3n) is 4.27. The largest absolute Gasteiger partial charge is 0.460 e. The predicted octanol–water partition coefficient (Wildman–Crippen LogP) is 3.37. The van der Waals surface area contributed by atoms with Gasteiger partial charge in [0.25, 0.3) is 0 Å². The van der Waals surface area contributed by atoms with Gasteiger partial charge in [0.15, 0.2) is 0 Å². The minimum Gasteiger partial charge on any atom is -0.460 e. The fourth-order valence-electron chi connectivity index (χ4n) is 2.96. The van der Waals surface area contributed by atoms with E-state index < -0.39 is 0 Å². The summed E-state index contributed by atoms with van der Waals surface area (Å²) in [5, 5.41) is 0. The Kier molecular flexibility index (Phi) is 2.07. The molecule has 2 aliphatic rings. The summed E-state index contributed by atoms with van der Waals surface area (Å²) in [6, 6.07) is 8.57. The van der Waals surface area contributed by atoms with Crippen LogP contribution in [0.15, 0.2) is 24.3 Å². The van der Waals surface area contributed by atoms with Gasteiger partial charge in [-0.25, -0.2) is 0 Å². The second-order valence-corrected chi connectivity index (χ2v) is 6.89. The second kappa shape index (κ2) is 3.17. The summed E-state index contributed by atoms with van der Waals surface area (Å²) in [7, 11) is 0. The molecule has 0 radical (unpaired) electrons. The molecule has 2 heteroatoms. The average Bonchev–Trinajstić information content (AvgIpc) is 3.01. The van der Waals surface area contributed by atoms with E-state index in [1.807, 2.05) is 20.8 Å². The summed E-state index contributed by atoms with van der Waals surface area (Å²) in [6.07, 6.45) is 1.94. The molecule has 0 spiro atoms. The first-order chi connectivity index (χ1) is 8.29. The van der Waals surface area contributed by atoms with Crippen LogP contribution in [-0.4, -0.2) is 11.6 Å². The summed E-state index contributed by atoms with van der Waals surface area (Å²) in [5.41, 5.74) is 2.12. The average molecular weight is 244 g/mol. The first kappa shape index (κ1) is 11.8. The maximum absolute atomic E-state index is 12.2. The van der Waals surface area contributed by atoms with E-state index in [4.69, 9.17) is 4.74 Å². The number of ether oxygens (including phenoxy) is 1. The van der Waals surface area contributed by atoms with Gasteiger partial charge in [0, 0.05) is 5.41 Å². The Morgan fingerprint density at radius 3 is 2.22 bits per heavy atom. The zero-order chi connectivity index (χ0) is 13.2. The molecule has 1 aromatic carbocycles. The Morgan fingerprint density at radius 2 is 1.72 bits per heavy atom. The quantitative estimate of drug-likeness (QED) is 0.746. The predicted molar refractivity (Wildman–Crippen MR) is 70.4 cm³/mol. The zero-order valence-corrected chi connectivity index (χ0v) is 11.5. The first-order valence-electron chi connectivity index (χ1n) is 6.60. The number of aryl methyl sites for hydroxylation is 1. The number of esters is 1. The molecule has 0 bridgehead atoms. The van der Waals surface area contributed by atoms with E-state index in [1.54, 1.807) is 0 Å². The second-order valence-electron chi connectivity index (χ2n) is 6.89. The molecule has 0 N–H and O–H groups in total. The lowest BCUT2D eigenvalue weighted by Gasteiger charge is -2.20. The van der Waals surface area contributed by atoms with E-state index in [2.05, 4.69) is 31.2 Å². The van der Waals surface area contributed by atoms with Crippen LogP contribution in [0.1, 0.15) is 44.7 Å². The fourth-order valence-corrected chi connectivity index (χ4v) is 2.96. The Hall–Kier alpha value is -1.31.